The van der Waals surface area contributed by atoms with E-state index in [0.29, 0.717) is 5.52 Å². The summed E-state index contributed by atoms with van der Waals surface area (Å²) in [6.07, 6.45) is 1.38. The van der Waals surface area contributed by atoms with Gasteiger partial charge in [-0.15, -0.1) is 11.6 Å². The maximum absolute atomic E-state index is 11.2. The van der Waals surface area contributed by atoms with E-state index in [1.54, 1.807) is 0 Å². The van der Waals surface area contributed by atoms with Crippen LogP contribution in [0.15, 0.2) is 6.33 Å². The summed E-state index contributed by atoms with van der Waals surface area (Å²) in [5.41, 5.74) is 0.711. The normalized spacial score (nSPS) is 11.9. The molecule has 0 aliphatic carbocycles. The van der Waals surface area contributed by atoms with Gasteiger partial charge in [0.2, 0.25) is 16.0 Å². The molecule has 0 atom stereocenters. The number of nitrogens with one attached hydrogen (secondary N) is 2. The third kappa shape index (κ3) is 2.18. The van der Waals surface area contributed by atoms with Gasteiger partial charge in [0.15, 0.2) is 10.8 Å². The van der Waals surface area contributed by atoms with Gasteiger partial charge in [-0.05, 0) is 0 Å². The first kappa shape index (κ1) is 11.4. The average molecular weight is 282 g/mol. The lowest BCUT2D eigenvalue weighted by atomic mass is 10.6. The van der Waals surface area contributed by atoms with Crippen LogP contribution in [0.4, 0.5) is 5.95 Å². The lowest BCUT2D eigenvalue weighted by Gasteiger charge is -2.03. The van der Waals surface area contributed by atoms with Crippen molar-refractivity contribution in [1.29, 1.82) is 0 Å². The van der Waals surface area contributed by atoms with Crippen molar-refractivity contribution in [2.75, 3.05) is 9.93 Å². The fourth-order valence-corrected chi connectivity index (χ4v) is 1.82. The molecule has 0 saturated carbocycles. The number of sulfonamides is 1. The number of H-pyrrole nitrogens is 1. The molecule has 2 aromatic heterocycles. The second-order valence-corrected chi connectivity index (χ2v) is 5.43. The molecule has 2 aromatic rings. The van der Waals surface area contributed by atoms with Crippen molar-refractivity contribution in [3.8, 4) is 0 Å². The van der Waals surface area contributed by atoms with E-state index in [1.807, 2.05) is 0 Å². The largest absolute Gasteiger partial charge is 0.341 e. The van der Waals surface area contributed by atoms with E-state index < -0.39 is 15.2 Å². The molecule has 0 radical (unpaired) electrons. The molecule has 2 heterocycles. The highest BCUT2D eigenvalue weighted by molar-refractivity contribution is 7.93. The number of nitrogens with zero attached hydrogens (tertiary/aromatic N) is 3. The van der Waals surface area contributed by atoms with Crippen molar-refractivity contribution in [1.82, 2.24) is 19.9 Å². The van der Waals surface area contributed by atoms with Gasteiger partial charge in [0, 0.05) is 0 Å². The first-order valence-electron chi connectivity index (χ1n) is 3.95. The summed E-state index contributed by atoms with van der Waals surface area (Å²) in [5, 5.41) is -0.512. The number of rotatable bonds is 3. The van der Waals surface area contributed by atoms with Crippen molar-refractivity contribution in [2.24, 2.45) is 0 Å². The molecule has 0 aliphatic heterocycles. The SMILES string of the molecule is O=S(=O)(CCl)Nc1nc(Cl)c2[nH]cnc2n1. The van der Waals surface area contributed by atoms with Crippen LogP contribution in [0.3, 0.4) is 0 Å². The van der Waals surface area contributed by atoms with Crippen LogP contribution >= 0.6 is 23.2 Å². The number of hydrogen-bond acceptors (Lipinski definition) is 5. The summed E-state index contributed by atoms with van der Waals surface area (Å²) in [7, 11) is -3.65. The molecular weight excluding hydrogens is 277 g/mol. The number of alkyl halides is 1. The molecule has 7 nitrogen and oxygen atoms in total. The Balaban J connectivity index is 2.46. The quantitative estimate of drug-likeness (QED) is 0.644. The fourth-order valence-electron chi connectivity index (χ4n) is 1.01. The number of imidazole rings is 1. The summed E-state index contributed by atoms with van der Waals surface area (Å²) < 4.78 is 24.4. The first-order chi connectivity index (χ1) is 7.52. The van der Waals surface area contributed by atoms with E-state index in [9.17, 15) is 8.42 Å². The van der Waals surface area contributed by atoms with Gasteiger partial charge in [0.1, 0.15) is 10.7 Å². The molecule has 0 aromatic carbocycles. The van der Waals surface area contributed by atoms with Crippen LogP contribution in [0.2, 0.25) is 5.15 Å². The molecule has 0 amide bonds. The Kier molecular flexibility index (Phi) is 2.87. The van der Waals surface area contributed by atoms with Gasteiger partial charge in [-0.1, -0.05) is 11.6 Å². The zero-order valence-corrected chi connectivity index (χ0v) is 9.94. The van der Waals surface area contributed by atoms with Crippen molar-refractivity contribution >= 4 is 50.3 Å². The monoisotopic (exact) mass is 281 g/mol. The Bertz CT molecular complexity index is 625. The lowest BCUT2D eigenvalue weighted by molar-refractivity contribution is 0.605. The number of aromatic nitrogens is 4. The maximum Gasteiger partial charge on any atom is 0.249 e. The van der Waals surface area contributed by atoms with Crippen molar-refractivity contribution in [3.63, 3.8) is 0 Å². The molecule has 86 valence electrons. The third-order valence-corrected chi connectivity index (χ3v) is 3.55. The van der Waals surface area contributed by atoms with Crippen molar-refractivity contribution < 1.29 is 8.42 Å². The van der Waals surface area contributed by atoms with Gasteiger partial charge in [0.25, 0.3) is 0 Å². The standard InChI is InChI=1S/C6H5Cl2N5O2S/c7-1-16(14,15)13-6-11-4(8)3-5(12-6)10-2-9-3/h2H,1H2,(H2,9,10,11,12,13). The predicted octanol–water partition coefficient (Wildman–Crippen LogP) is 0.944. The summed E-state index contributed by atoms with van der Waals surface area (Å²) in [4.78, 5) is 14.1. The molecule has 0 aliphatic rings. The lowest BCUT2D eigenvalue weighted by Crippen LogP contribution is -2.15. The molecule has 0 fully saturated rings. The number of anilines is 1. The topological polar surface area (TPSA) is 101 Å². The first-order valence-corrected chi connectivity index (χ1v) is 6.51. The summed E-state index contributed by atoms with van der Waals surface area (Å²) in [6, 6.07) is 0. The smallest absolute Gasteiger partial charge is 0.249 e. The number of fused-ring (bicyclic) bond motifs is 1. The molecule has 2 rings (SSSR count). The predicted molar refractivity (Wildman–Crippen MR) is 60.0 cm³/mol. The minimum Gasteiger partial charge on any atom is -0.341 e. The van der Waals surface area contributed by atoms with E-state index in [4.69, 9.17) is 23.2 Å². The highest BCUT2D eigenvalue weighted by Crippen LogP contribution is 2.18. The molecular formula is C6H5Cl2N5O2S. The Hall–Kier alpha value is -1.12. The van der Waals surface area contributed by atoms with E-state index in [1.165, 1.54) is 6.33 Å². The van der Waals surface area contributed by atoms with Crippen LogP contribution in [0.5, 0.6) is 0 Å². The van der Waals surface area contributed by atoms with Crippen LogP contribution in [0, 0.1) is 0 Å². The second kappa shape index (κ2) is 4.04. The summed E-state index contributed by atoms with van der Waals surface area (Å²) in [5.74, 6) is -0.162. The van der Waals surface area contributed by atoms with Crippen LogP contribution < -0.4 is 4.72 Å². The van der Waals surface area contributed by atoms with Crippen LogP contribution in [0.1, 0.15) is 0 Å². The Morgan fingerprint density at radius 1 is 1.44 bits per heavy atom. The van der Waals surface area contributed by atoms with Gasteiger partial charge in [-0.2, -0.15) is 9.97 Å². The molecule has 0 spiro atoms. The van der Waals surface area contributed by atoms with Crippen LogP contribution in [-0.2, 0) is 10.0 Å². The summed E-state index contributed by atoms with van der Waals surface area (Å²) >= 11 is 11.0. The minimum absolute atomic E-state index is 0.0785. The molecule has 0 bridgehead atoms. The van der Waals surface area contributed by atoms with Gasteiger partial charge in [-0.25, -0.2) is 13.4 Å². The molecule has 0 saturated heterocycles. The number of halogens is 2. The summed E-state index contributed by atoms with van der Waals surface area (Å²) in [6.45, 7) is 0. The van der Waals surface area contributed by atoms with Gasteiger partial charge in [-0.3, -0.25) is 4.72 Å². The number of hydrogen-bond donors (Lipinski definition) is 2. The van der Waals surface area contributed by atoms with Crippen molar-refractivity contribution in [2.45, 2.75) is 0 Å². The van der Waals surface area contributed by atoms with Crippen LogP contribution in [-0.4, -0.2) is 33.6 Å². The number of aromatic amines is 1. The zero-order chi connectivity index (χ0) is 11.8. The maximum atomic E-state index is 11.2. The van der Waals surface area contributed by atoms with Crippen molar-refractivity contribution in [3.05, 3.63) is 11.5 Å². The average Bonchev–Trinajstić information content (AvgIpc) is 2.65. The zero-order valence-electron chi connectivity index (χ0n) is 7.61. The van der Waals surface area contributed by atoms with E-state index in [2.05, 4.69) is 24.7 Å². The third-order valence-electron chi connectivity index (χ3n) is 1.63. The van der Waals surface area contributed by atoms with E-state index in [0.717, 1.165) is 0 Å². The van der Waals surface area contributed by atoms with Gasteiger partial charge < -0.3 is 4.98 Å². The highest BCUT2D eigenvalue weighted by Gasteiger charge is 2.13. The Morgan fingerprint density at radius 2 is 2.19 bits per heavy atom. The fraction of sp³-hybridized carbons (Fsp3) is 0.167. The van der Waals surface area contributed by atoms with E-state index >= 15 is 0 Å². The Morgan fingerprint density at radius 3 is 2.88 bits per heavy atom. The highest BCUT2D eigenvalue weighted by atomic mass is 35.5. The molecule has 2 N–H and O–H groups in total. The molecule has 10 heteroatoms. The molecule has 0 unspecified atom stereocenters. The Labute approximate surface area is 100 Å². The minimum atomic E-state index is -3.65. The molecule has 16 heavy (non-hydrogen) atoms. The van der Waals surface area contributed by atoms with Gasteiger partial charge in [0.05, 0.1) is 6.33 Å². The second-order valence-electron chi connectivity index (χ2n) is 2.77. The van der Waals surface area contributed by atoms with Gasteiger partial charge >= 0.3 is 0 Å². The van der Waals surface area contributed by atoms with E-state index in [-0.39, 0.29) is 16.7 Å². The van der Waals surface area contributed by atoms with Crippen LogP contribution in [0.25, 0.3) is 11.2 Å².